The summed E-state index contributed by atoms with van der Waals surface area (Å²) in [6.45, 7) is 1.74. The number of piperidine rings is 1. The summed E-state index contributed by atoms with van der Waals surface area (Å²) in [7, 11) is 2.06. The van der Waals surface area contributed by atoms with Crippen LogP contribution in [0.1, 0.15) is 44.0 Å². The van der Waals surface area contributed by atoms with E-state index in [1.807, 2.05) is 42.7 Å². The molecule has 0 N–H and O–H groups in total. The van der Waals surface area contributed by atoms with E-state index in [4.69, 9.17) is 4.98 Å². The molecule has 0 bridgehead atoms. The van der Waals surface area contributed by atoms with Crippen LogP contribution < -0.4 is 0 Å². The monoisotopic (exact) mass is 350 g/mol. The summed E-state index contributed by atoms with van der Waals surface area (Å²) in [5.41, 5.74) is 2.14. The van der Waals surface area contributed by atoms with Crippen LogP contribution in [0.3, 0.4) is 0 Å². The van der Waals surface area contributed by atoms with Crippen molar-refractivity contribution in [3.63, 3.8) is 0 Å². The number of aromatic nitrogens is 3. The highest BCUT2D eigenvalue weighted by molar-refractivity contribution is 5.78. The Balaban J connectivity index is 1.50. The average Bonchev–Trinajstić information content (AvgIpc) is 3.30. The summed E-state index contributed by atoms with van der Waals surface area (Å²) in [6, 6.07) is 12.3. The van der Waals surface area contributed by atoms with Gasteiger partial charge in [-0.15, -0.1) is 0 Å². The number of carbonyl (C=O) groups is 1. The Kier molecular flexibility index (Phi) is 4.78. The first-order valence-electron chi connectivity index (χ1n) is 9.55. The highest BCUT2D eigenvalue weighted by atomic mass is 16.2. The third-order valence-electron chi connectivity index (χ3n) is 5.42. The highest BCUT2D eigenvalue weighted by Gasteiger charge is 2.30. The molecule has 5 nitrogen and oxygen atoms in total. The van der Waals surface area contributed by atoms with Crippen molar-refractivity contribution in [2.45, 2.75) is 44.7 Å². The van der Waals surface area contributed by atoms with Gasteiger partial charge in [0.25, 0.3) is 0 Å². The predicted octanol–water partition coefficient (Wildman–Crippen LogP) is 3.91. The van der Waals surface area contributed by atoms with Crippen LogP contribution in [0, 0.1) is 0 Å². The molecule has 0 saturated carbocycles. The summed E-state index contributed by atoms with van der Waals surface area (Å²) >= 11 is 0. The number of rotatable bonds is 5. The number of para-hydroxylation sites is 2. The Labute approximate surface area is 154 Å². The molecule has 0 aliphatic carbocycles. The standard InChI is InChI=1S/C21H26N4O/c1-23-18-10-3-2-9-17(18)22-21(23)19-11-4-5-16-25(19)20(26)12-8-15-24-13-6-7-14-24/h2-3,6-7,9-10,13-14,19H,4-5,8,11-12,15-16H2,1H3. The topological polar surface area (TPSA) is 43.1 Å². The lowest BCUT2D eigenvalue weighted by Crippen LogP contribution is -2.39. The number of aryl methyl sites for hydroxylation is 2. The molecule has 1 aliphatic heterocycles. The van der Waals surface area contributed by atoms with Crippen molar-refractivity contribution in [3.05, 3.63) is 54.6 Å². The van der Waals surface area contributed by atoms with Gasteiger partial charge in [0, 0.05) is 39.0 Å². The average molecular weight is 350 g/mol. The van der Waals surface area contributed by atoms with E-state index in [-0.39, 0.29) is 11.9 Å². The number of carbonyl (C=O) groups excluding carboxylic acids is 1. The van der Waals surface area contributed by atoms with Gasteiger partial charge in [0.05, 0.1) is 17.1 Å². The summed E-state index contributed by atoms with van der Waals surface area (Å²) in [5.74, 6) is 1.28. The molecule has 1 amide bonds. The molecule has 1 aliphatic rings. The summed E-state index contributed by atoms with van der Waals surface area (Å²) in [4.78, 5) is 19.8. The van der Waals surface area contributed by atoms with Crippen molar-refractivity contribution < 1.29 is 4.79 Å². The molecule has 2 aromatic heterocycles. The number of hydrogen-bond donors (Lipinski definition) is 0. The van der Waals surface area contributed by atoms with Gasteiger partial charge in [0.15, 0.2) is 0 Å². The molecule has 1 fully saturated rings. The fraction of sp³-hybridized carbons (Fsp3) is 0.429. The molecule has 0 radical (unpaired) electrons. The van der Waals surface area contributed by atoms with E-state index in [0.29, 0.717) is 6.42 Å². The third kappa shape index (κ3) is 3.26. The second-order valence-electron chi connectivity index (χ2n) is 7.14. The van der Waals surface area contributed by atoms with Crippen LogP contribution in [0.5, 0.6) is 0 Å². The second-order valence-corrected chi connectivity index (χ2v) is 7.14. The first kappa shape index (κ1) is 16.9. The van der Waals surface area contributed by atoms with Gasteiger partial charge in [-0.05, 0) is 49.9 Å². The predicted molar refractivity (Wildman–Crippen MR) is 103 cm³/mol. The van der Waals surface area contributed by atoms with Crippen molar-refractivity contribution in [3.8, 4) is 0 Å². The van der Waals surface area contributed by atoms with Gasteiger partial charge in [0.2, 0.25) is 5.91 Å². The number of fused-ring (bicyclic) bond motifs is 1. The van der Waals surface area contributed by atoms with E-state index in [1.54, 1.807) is 0 Å². The molecule has 0 spiro atoms. The summed E-state index contributed by atoms with van der Waals surface area (Å²) in [5, 5.41) is 0. The minimum Gasteiger partial charge on any atom is -0.354 e. The van der Waals surface area contributed by atoms with E-state index >= 15 is 0 Å². The molecule has 5 heteroatoms. The molecular weight excluding hydrogens is 324 g/mol. The number of nitrogens with zero attached hydrogens (tertiary/aromatic N) is 4. The maximum absolute atomic E-state index is 12.9. The molecule has 26 heavy (non-hydrogen) atoms. The van der Waals surface area contributed by atoms with Crippen molar-refractivity contribution in [1.29, 1.82) is 0 Å². The SMILES string of the molecule is Cn1c(C2CCCCN2C(=O)CCCn2cccc2)nc2ccccc21. The number of likely N-dealkylation sites (tertiary alicyclic amines) is 1. The van der Waals surface area contributed by atoms with Crippen LogP contribution in [0.25, 0.3) is 11.0 Å². The number of hydrogen-bond acceptors (Lipinski definition) is 2. The quantitative estimate of drug-likeness (QED) is 0.700. The Morgan fingerprint density at radius 2 is 1.96 bits per heavy atom. The van der Waals surface area contributed by atoms with Gasteiger partial charge in [-0.1, -0.05) is 12.1 Å². The number of amides is 1. The van der Waals surface area contributed by atoms with Gasteiger partial charge in [-0.2, -0.15) is 0 Å². The molecule has 1 unspecified atom stereocenters. The molecule has 1 aromatic carbocycles. The van der Waals surface area contributed by atoms with Gasteiger partial charge >= 0.3 is 0 Å². The molecule has 1 saturated heterocycles. The Bertz CT molecular complexity index is 881. The first-order chi connectivity index (χ1) is 12.7. The van der Waals surface area contributed by atoms with Crippen molar-refractivity contribution >= 4 is 16.9 Å². The van der Waals surface area contributed by atoms with E-state index in [1.165, 1.54) is 0 Å². The lowest BCUT2D eigenvalue weighted by molar-refractivity contribution is -0.135. The zero-order valence-electron chi connectivity index (χ0n) is 15.3. The van der Waals surface area contributed by atoms with Crippen LogP contribution in [0.2, 0.25) is 0 Å². The maximum atomic E-state index is 12.9. The van der Waals surface area contributed by atoms with Crippen LogP contribution in [0.15, 0.2) is 48.8 Å². The van der Waals surface area contributed by atoms with Crippen LogP contribution in [-0.2, 0) is 18.4 Å². The molecule has 3 aromatic rings. The number of benzene rings is 1. The third-order valence-corrected chi connectivity index (χ3v) is 5.42. The smallest absolute Gasteiger partial charge is 0.223 e. The fourth-order valence-corrected chi connectivity index (χ4v) is 4.04. The zero-order valence-corrected chi connectivity index (χ0v) is 15.3. The van der Waals surface area contributed by atoms with Gasteiger partial charge < -0.3 is 14.0 Å². The van der Waals surface area contributed by atoms with Crippen LogP contribution in [0.4, 0.5) is 0 Å². The second kappa shape index (κ2) is 7.36. The zero-order chi connectivity index (χ0) is 17.9. The Morgan fingerprint density at radius 1 is 1.15 bits per heavy atom. The molecular formula is C21H26N4O. The Morgan fingerprint density at radius 3 is 2.77 bits per heavy atom. The van der Waals surface area contributed by atoms with E-state index in [2.05, 4.69) is 27.1 Å². The Hall–Kier alpha value is -2.56. The molecule has 136 valence electrons. The van der Waals surface area contributed by atoms with Crippen molar-refractivity contribution in [2.75, 3.05) is 6.54 Å². The molecule has 1 atom stereocenters. The fourth-order valence-electron chi connectivity index (χ4n) is 4.04. The van der Waals surface area contributed by atoms with Crippen molar-refractivity contribution in [2.24, 2.45) is 7.05 Å². The maximum Gasteiger partial charge on any atom is 0.223 e. The normalized spacial score (nSPS) is 17.7. The summed E-state index contributed by atoms with van der Waals surface area (Å²) < 4.78 is 4.29. The first-order valence-corrected chi connectivity index (χ1v) is 9.55. The van der Waals surface area contributed by atoms with Crippen molar-refractivity contribution in [1.82, 2.24) is 19.0 Å². The molecule has 3 heterocycles. The summed E-state index contributed by atoms with van der Waals surface area (Å²) in [6.07, 6.45) is 8.81. The van der Waals surface area contributed by atoms with Crippen LogP contribution >= 0.6 is 0 Å². The lowest BCUT2D eigenvalue weighted by Gasteiger charge is -2.35. The highest BCUT2D eigenvalue weighted by Crippen LogP contribution is 2.32. The minimum absolute atomic E-state index is 0.0974. The lowest BCUT2D eigenvalue weighted by atomic mass is 10.0. The van der Waals surface area contributed by atoms with E-state index in [9.17, 15) is 4.79 Å². The molecule has 4 rings (SSSR count). The van der Waals surface area contributed by atoms with Gasteiger partial charge in [-0.25, -0.2) is 4.98 Å². The van der Waals surface area contributed by atoms with Crippen LogP contribution in [-0.4, -0.2) is 31.5 Å². The largest absolute Gasteiger partial charge is 0.354 e. The van der Waals surface area contributed by atoms with E-state index in [0.717, 1.165) is 55.6 Å². The van der Waals surface area contributed by atoms with Gasteiger partial charge in [-0.3, -0.25) is 4.79 Å². The van der Waals surface area contributed by atoms with Gasteiger partial charge in [0.1, 0.15) is 5.82 Å². The van der Waals surface area contributed by atoms with E-state index < -0.39 is 0 Å². The number of imidazole rings is 1. The minimum atomic E-state index is 0.0974.